The van der Waals surface area contributed by atoms with E-state index in [9.17, 15) is 19.8 Å². The molecule has 2 amide bonds. The smallest absolute Gasteiger partial charge is 0.319 e. The molecule has 2 aromatic carbocycles. The number of carboxylic acids is 1. The van der Waals surface area contributed by atoms with Gasteiger partial charge in [0.1, 0.15) is 5.75 Å². The summed E-state index contributed by atoms with van der Waals surface area (Å²) < 4.78 is 0. The van der Waals surface area contributed by atoms with Gasteiger partial charge in [0.25, 0.3) is 0 Å². The van der Waals surface area contributed by atoms with Crippen molar-refractivity contribution in [3.63, 3.8) is 0 Å². The van der Waals surface area contributed by atoms with Crippen LogP contribution in [0.25, 0.3) is 10.8 Å². The summed E-state index contributed by atoms with van der Waals surface area (Å²) in [6.45, 7) is 3.46. The van der Waals surface area contributed by atoms with E-state index in [4.69, 9.17) is 0 Å². The van der Waals surface area contributed by atoms with Crippen molar-refractivity contribution in [1.29, 1.82) is 0 Å². The van der Waals surface area contributed by atoms with Crippen molar-refractivity contribution in [1.82, 2.24) is 5.32 Å². The largest absolute Gasteiger partial charge is 0.545 e. The monoisotopic (exact) mass is 299 g/mol. The van der Waals surface area contributed by atoms with Crippen LogP contribution in [0, 0.1) is 0 Å². The molecule has 0 heterocycles. The third kappa shape index (κ3) is 3.54. The number of rotatable bonds is 5. The van der Waals surface area contributed by atoms with Crippen LogP contribution in [-0.4, -0.2) is 23.7 Å². The topological polar surface area (TPSA) is 101 Å². The predicted molar refractivity (Wildman–Crippen MR) is 81.4 cm³/mol. The number of amides is 2. The van der Waals surface area contributed by atoms with Gasteiger partial charge < -0.3 is 25.6 Å². The first kappa shape index (κ1) is 15.4. The molecular formula is C16H15N2O4-. The first-order valence-corrected chi connectivity index (χ1v) is 6.63. The lowest BCUT2D eigenvalue weighted by Crippen LogP contribution is -2.31. The number of carbonyl (C=O) groups is 2. The highest BCUT2D eigenvalue weighted by Gasteiger charge is 2.07. The third-order valence-corrected chi connectivity index (χ3v) is 3.15. The molecule has 0 bridgehead atoms. The predicted octanol–water partition coefficient (Wildman–Crippen LogP) is 1.36. The second-order valence-electron chi connectivity index (χ2n) is 4.70. The molecule has 0 unspecified atom stereocenters. The van der Waals surface area contributed by atoms with E-state index in [0.717, 1.165) is 0 Å². The lowest BCUT2D eigenvalue weighted by Gasteiger charge is -2.11. The molecule has 2 rings (SSSR count). The number of benzene rings is 2. The van der Waals surface area contributed by atoms with Gasteiger partial charge in [-0.3, -0.25) is 0 Å². The summed E-state index contributed by atoms with van der Waals surface area (Å²) in [5.74, 6) is -1.20. The van der Waals surface area contributed by atoms with Gasteiger partial charge >= 0.3 is 6.03 Å². The molecule has 6 nitrogen and oxygen atoms in total. The molecule has 0 aromatic heterocycles. The summed E-state index contributed by atoms with van der Waals surface area (Å²) in [4.78, 5) is 22.3. The van der Waals surface area contributed by atoms with Gasteiger partial charge in [-0.25, -0.2) is 4.79 Å². The molecule has 0 saturated heterocycles. The normalized spacial score (nSPS) is 10.2. The van der Waals surface area contributed by atoms with Gasteiger partial charge in [-0.05, 0) is 24.1 Å². The highest BCUT2D eigenvalue weighted by Crippen LogP contribution is 2.29. The zero-order valence-corrected chi connectivity index (χ0v) is 11.8. The van der Waals surface area contributed by atoms with Crippen molar-refractivity contribution in [2.45, 2.75) is 6.42 Å². The standard InChI is InChI=1S/C16H16N2O4/c1-10(15(20)21)8-9-17-16(22)18-13-6-2-5-12-11(13)4-3-7-14(12)19/h2-7,19H,1,8-9H2,(H,20,21)(H2,17,18,22)/p-1. The maximum Gasteiger partial charge on any atom is 0.319 e. The number of hydrogen-bond acceptors (Lipinski definition) is 4. The van der Waals surface area contributed by atoms with Gasteiger partial charge in [-0.1, -0.05) is 30.8 Å². The van der Waals surface area contributed by atoms with E-state index in [1.165, 1.54) is 0 Å². The maximum atomic E-state index is 11.8. The first-order chi connectivity index (χ1) is 10.5. The second-order valence-corrected chi connectivity index (χ2v) is 4.70. The molecule has 22 heavy (non-hydrogen) atoms. The van der Waals surface area contributed by atoms with Crippen LogP contribution in [0.3, 0.4) is 0 Å². The summed E-state index contributed by atoms with van der Waals surface area (Å²) in [5.41, 5.74) is 0.472. The van der Waals surface area contributed by atoms with Gasteiger partial charge in [-0.15, -0.1) is 0 Å². The Hall–Kier alpha value is -3.02. The summed E-state index contributed by atoms with van der Waals surface area (Å²) in [7, 11) is 0. The minimum Gasteiger partial charge on any atom is -0.545 e. The van der Waals surface area contributed by atoms with Crippen LogP contribution < -0.4 is 15.7 Å². The van der Waals surface area contributed by atoms with E-state index in [-0.39, 0.29) is 24.3 Å². The molecule has 2 aromatic rings. The van der Waals surface area contributed by atoms with E-state index >= 15 is 0 Å². The summed E-state index contributed by atoms with van der Waals surface area (Å²) >= 11 is 0. The van der Waals surface area contributed by atoms with Crippen molar-refractivity contribution < 1.29 is 19.8 Å². The van der Waals surface area contributed by atoms with Crippen LogP contribution in [-0.2, 0) is 4.79 Å². The quantitative estimate of drug-likeness (QED) is 0.725. The lowest BCUT2D eigenvalue weighted by molar-refractivity contribution is -0.299. The van der Waals surface area contributed by atoms with E-state index < -0.39 is 12.0 Å². The number of anilines is 1. The molecule has 6 heteroatoms. The number of aliphatic carboxylic acids is 1. The van der Waals surface area contributed by atoms with Crippen LogP contribution in [0.15, 0.2) is 48.6 Å². The summed E-state index contributed by atoms with van der Waals surface area (Å²) in [6, 6.07) is 9.74. The van der Waals surface area contributed by atoms with E-state index in [0.29, 0.717) is 16.5 Å². The molecule has 0 aliphatic rings. The highest BCUT2D eigenvalue weighted by molar-refractivity contribution is 6.03. The Labute approximate surface area is 127 Å². The van der Waals surface area contributed by atoms with Gasteiger partial charge in [0.15, 0.2) is 0 Å². The molecule has 3 N–H and O–H groups in total. The minimum atomic E-state index is -1.33. The fourth-order valence-electron chi connectivity index (χ4n) is 2.00. The van der Waals surface area contributed by atoms with Crippen molar-refractivity contribution in [2.24, 2.45) is 0 Å². The van der Waals surface area contributed by atoms with Gasteiger partial charge in [0.2, 0.25) is 0 Å². The fraction of sp³-hybridized carbons (Fsp3) is 0.125. The molecule has 0 spiro atoms. The lowest BCUT2D eigenvalue weighted by atomic mass is 10.1. The van der Waals surface area contributed by atoms with Crippen molar-refractivity contribution in [3.8, 4) is 5.75 Å². The molecule has 0 atom stereocenters. The van der Waals surface area contributed by atoms with Gasteiger partial charge in [0.05, 0.1) is 11.7 Å². The average molecular weight is 299 g/mol. The number of hydrogen-bond donors (Lipinski definition) is 3. The van der Waals surface area contributed by atoms with Gasteiger partial charge in [-0.2, -0.15) is 0 Å². The summed E-state index contributed by atoms with van der Waals surface area (Å²) in [5, 5.41) is 26.8. The van der Waals surface area contributed by atoms with E-state index in [1.807, 2.05) is 0 Å². The average Bonchev–Trinajstić information content (AvgIpc) is 2.48. The van der Waals surface area contributed by atoms with Crippen molar-refractivity contribution >= 4 is 28.5 Å². The Bertz CT molecular complexity index is 740. The van der Waals surface area contributed by atoms with Gasteiger partial charge in [0, 0.05) is 17.3 Å². The Morgan fingerprint density at radius 3 is 2.55 bits per heavy atom. The number of phenolic OH excluding ortho intramolecular Hbond substituents is 1. The second kappa shape index (κ2) is 6.62. The van der Waals surface area contributed by atoms with Crippen LogP contribution in [0.5, 0.6) is 5.75 Å². The van der Waals surface area contributed by atoms with E-state index in [2.05, 4.69) is 17.2 Å². The fourth-order valence-corrected chi connectivity index (χ4v) is 2.00. The van der Waals surface area contributed by atoms with Crippen molar-refractivity contribution in [3.05, 3.63) is 48.6 Å². The molecule has 0 saturated carbocycles. The summed E-state index contributed by atoms with van der Waals surface area (Å²) in [6.07, 6.45) is 0.103. The highest BCUT2D eigenvalue weighted by atomic mass is 16.4. The number of phenols is 1. The van der Waals surface area contributed by atoms with Crippen LogP contribution in [0.2, 0.25) is 0 Å². The number of carboxylic acid groups (broad SMARTS) is 1. The zero-order valence-electron chi connectivity index (χ0n) is 11.8. The van der Waals surface area contributed by atoms with Crippen LogP contribution >= 0.6 is 0 Å². The minimum absolute atomic E-state index is 0.0737. The molecule has 0 radical (unpaired) electrons. The number of aromatic hydroxyl groups is 1. The van der Waals surface area contributed by atoms with Crippen LogP contribution in [0.4, 0.5) is 10.5 Å². The zero-order chi connectivity index (χ0) is 16.1. The Kier molecular flexibility index (Phi) is 4.63. The SMILES string of the molecule is C=C(CCNC(=O)Nc1cccc2c(O)cccc12)C(=O)[O-]. The maximum absolute atomic E-state index is 11.8. The molecule has 114 valence electrons. The number of carbonyl (C=O) groups excluding carboxylic acids is 2. The van der Waals surface area contributed by atoms with Crippen LogP contribution in [0.1, 0.15) is 6.42 Å². The van der Waals surface area contributed by atoms with E-state index in [1.54, 1.807) is 36.4 Å². The number of urea groups is 1. The number of fused-ring (bicyclic) bond motifs is 1. The Morgan fingerprint density at radius 1 is 1.14 bits per heavy atom. The molecule has 0 fully saturated rings. The molecule has 0 aliphatic carbocycles. The molecule has 0 aliphatic heterocycles. The Morgan fingerprint density at radius 2 is 1.82 bits per heavy atom. The molecular weight excluding hydrogens is 284 g/mol. The van der Waals surface area contributed by atoms with Crippen molar-refractivity contribution in [2.75, 3.05) is 11.9 Å². The first-order valence-electron chi connectivity index (χ1n) is 6.63. The third-order valence-electron chi connectivity index (χ3n) is 3.15. The Balaban J connectivity index is 2.02. The number of nitrogens with one attached hydrogen (secondary N) is 2.